The van der Waals surface area contributed by atoms with E-state index in [9.17, 15) is 19.1 Å². The van der Waals surface area contributed by atoms with E-state index in [-0.39, 0.29) is 18.0 Å². The summed E-state index contributed by atoms with van der Waals surface area (Å²) in [6.07, 6.45) is 1.62. The van der Waals surface area contributed by atoms with Crippen LogP contribution in [0.3, 0.4) is 0 Å². The van der Waals surface area contributed by atoms with Gasteiger partial charge >= 0.3 is 0 Å². The number of pyridine rings is 1. The maximum absolute atomic E-state index is 13.8. The first-order valence-electron chi connectivity index (χ1n) is 8.93. The number of nitrogens with one attached hydrogen (secondary N) is 2. The molecule has 0 aliphatic carbocycles. The average Bonchev–Trinajstić information content (AvgIpc) is 3.05. The van der Waals surface area contributed by atoms with E-state index < -0.39 is 24.5 Å². The molecule has 0 fully saturated rings. The largest absolute Gasteiger partial charge is 0.489 e. The first-order chi connectivity index (χ1) is 13.9. The Hall–Kier alpha value is -3.46. The number of nitrogens with zero attached hydrogens (tertiary/aromatic N) is 2. The second kappa shape index (κ2) is 8.70. The minimum absolute atomic E-state index is 0.0285. The number of hydrogen-bond donors (Lipinski definition) is 3. The predicted molar refractivity (Wildman–Crippen MR) is 103 cm³/mol. The lowest BCUT2D eigenvalue weighted by Crippen LogP contribution is -2.48. The minimum atomic E-state index is -1.08. The zero-order valence-corrected chi connectivity index (χ0v) is 16.0. The Kier molecular flexibility index (Phi) is 6.08. The first-order valence-corrected chi connectivity index (χ1v) is 8.93. The molecule has 2 aromatic heterocycles. The Morgan fingerprint density at radius 2 is 2.07 bits per heavy atom. The van der Waals surface area contributed by atoms with E-state index in [1.54, 1.807) is 43.5 Å². The fourth-order valence-corrected chi connectivity index (χ4v) is 2.89. The molecule has 1 unspecified atom stereocenters. The lowest BCUT2D eigenvalue weighted by molar-refractivity contribution is -0.123. The van der Waals surface area contributed by atoms with Crippen molar-refractivity contribution in [3.8, 4) is 5.75 Å². The fourth-order valence-electron chi connectivity index (χ4n) is 2.89. The molecule has 3 rings (SSSR count). The van der Waals surface area contributed by atoms with Crippen LogP contribution in [0.4, 0.5) is 4.39 Å². The summed E-state index contributed by atoms with van der Waals surface area (Å²) in [7, 11) is 1.41. The van der Waals surface area contributed by atoms with Crippen LogP contribution >= 0.6 is 0 Å². The van der Waals surface area contributed by atoms with Crippen molar-refractivity contribution in [1.82, 2.24) is 20.2 Å². The molecule has 0 spiro atoms. The molecule has 2 heterocycles. The summed E-state index contributed by atoms with van der Waals surface area (Å²) in [6, 6.07) is 8.49. The maximum atomic E-state index is 13.8. The summed E-state index contributed by atoms with van der Waals surface area (Å²) in [5, 5.41) is 18.5. The molecule has 0 saturated heterocycles. The highest BCUT2D eigenvalue weighted by atomic mass is 19.1. The van der Waals surface area contributed by atoms with Crippen LogP contribution in [0.25, 0.3) is 5.52 Å². The van der Waals surface area contributed by atoms with E-state index in [1.165, 1.54) is 17.6 Å². The highest BCUT2D eigenvalue weighted by Gasteiger charge is 2.23. The van der Waals surface area contributed by atoms with Crippen LogP contribution in [0.5, 0.6) is 5.75 Å². The Morgan fingerprint density at radius 1 is 1.31 bits per heavy atom. The predicted octanol–water partition coefficient (Wildman–Crippen LogP) is 1.20. The second-order valence-corrected chi connectivity index (χ2v) is 6.36. The van der Waals surface area contributed by atoms with Crippen LogP contribution < -0.4 is 15.4 Å². The van der Waals surface area contributed by atoms with E-state index in [0.29, 0.717) is 22.5 Å². The van der Waals surface area contributed by atoms with Crippen LogP contribution in [0.15, 0.2) is 42.6 Å². The van der Waals surface area contributed by atoms with Crippen molar-refractivity contribution in [2.45, 2.75) is 19.6 Å². The van der Waals surface area contributed by atoms with Crippen molar-refractivity contribution in [2.24, 2.45) is 0 Å². The second-order valence-electron chi connectivity index (χ2n) is 6.36. The van der Waals surface area contributed by atoms with Crippen molar-refractivity contribution < 1.29 is 23.8 Å². The Labute approximate surface area is 166 Å². The molecular weight excluding hydrogens is 379 g/mol. The molecule has 0 aliphatic rings. The first kappa shape index (κ1) is 20.3. The van der Waals surface area contributed by atoms with Gasteiger partial charge in [-0.1, -0.05) is 18.2 Å². The third-order valence-electron chi connectivity index (χ3n) is 4.41. The van der Waals surface area contributed by atoms with Gasteiger partial charge in [-0.15, -0.1) is 0 Å². The molecule has 0 radical (unpaired) electrons. The van der Waals surface area contributed by atoms with E-state index in [2.05, 4.69) is 15.7 Å². The third-order valence-corrected chi connectivity index (χ3v) is 4.41. The average molecular weight is 400 g/mol. The van der Waals surface area contributed by atoms with Gasteiger partial charge in [-0.05, 0) is 19.1 Å². The number of hydrogen-bond acceptors (Lipinski definition) is 5. The molecule has 1 atom stereocenters. The molecule has 1 aromatic carbocycles. The molecule has 9 heteroatoms. The van der Waals surface area contributed by atoms with Crippen LogP contribution in [-0.4, -0.2) is 46.2 Å². The smallest absolute Gasteiger partial charge is 0.256 e. The number of halogens is 1. The number of aliphatic hydroxyl groups is 1. The van der Waals surface area contributed by atoms with E-state index in [1.807, 2.05) is 0 Å². The molecule has 0 saturated carbocycles. The highest BCUT2D eigenvalue weighted by molar-refractivity contribution is 6.04. The monoisotopic (exact) mass is 400 g/mol. The molecule has 3 aromatic rings. The van der Waals surface area contributed by atoms with Crippen LogP contribution in [0, 0.1) is 12.7 Å². The number of aromatic nitrogens is 2. The molecule has 152 valence electrons. The number of carbonyl (C=O) groups is 2. The van der Waals surface area contributed by atoms with Crippen molar-refractivity contribution >= 4 is 17.3 Å². The maximum Gasteiger partial charge on any atom is 0.256 e. The van der Waals surface area contributed by atoms with Gasteiger partial charge in [0.1, 0.15) is 24.2 Å². The van der Waals surface area contributed by atoms with Gasteiger partial charge in [0.2, 0.25) is 5.91 Å². The minimum Gasteiger partial charge on any atom is -0.489 e. The SMILES string of the molecule is CNC(=O)C(CO)NC(=O)c1c(C)nn2ccc(OCc3ccccc3F)cc12. The number of aliphatic hydroxyl groups excluding tert-OH is 1. The highest BCUT2D eigenvalue weighted by Crippen LogP contribution is 2.22. The molecule has 2 amide bonds. The summed E-state index contributed by atoms with van der Waals surface area (Å²) in [5.41, 5.74) is 1.57. The number of aryl methyl sites for hydroxylation is 1. The Morgan fingerprint density at radius 3 is 2.76 bits per heavy atom. The zero-order valence-electron chi connectivity index (χ0n) is 16.0. The summed E-state index contributed by atoms with van der Waals surface area (Å²) in [5.74, 6) is -0.993. The lowest BCUT2D eigenvalue weighted by Gasteiger charge is -2.14. The fraction of sp³-hybridized carbons (Fsp3) is 0.250. The van der Waals surface area contributed by atoms with Gasteiger partial charge < -0.3 is 20.5 Å². The number of likely N-dealkylation sites (N-methyl/N-ethyl adjacent to an activating group) is 1. The van der Waals surface area contributed by atoms with Crippen molar-refractivity contribution in [3.05, 3.63) is 65.2 Å². The van der Waals surface area contributed by atoms with Gasteiger partial charge in [-0.2, -0.15) is 5.10 Å². The summed E-state index contributed by atoms with van der Waals surface area (Å²) in [4.78, 5) is 24.5. The molecule has 8 nitrogen and oxygen atoms in total. The lowest BCUT2D eigenvalue weighted by atomic mass is 10.1. The van der Waals surface area contributed by atoms with Gasteiger partial charge in [0.15, 0.2) is 0 Å². The molecular formula is C20H21FN4O4. The number of rotatable bonds is 7. The van der Waals surface area contributed by atoms with Gasteiger partial charge in [0.05, 0.1) is 23.4 Å². The van der Waals surface area contributed by atoms with Gasteiger partial charge in [-0.25, -0.2) is 8.91 Å². The van der Waals surface area contributed by atoms with E-state index in [4.69, 9.17) is 4.74 Å². The van der Waals surface area contributed by atoms with Gasteiger partial charge in [0.25, 0.3) is 5.91 Å². The van der Waals surface area contributed by atoms with Gasteiger partial charge in [0, 0.05) is 24.9 Å². The summed E-state index contributed by atoms with van der Waals surface area (Å²) >= 11 is 0. The summed E-state index contributed by atoms with van der Waals surface area (Å²) < 4.78 is 20.9. The Bertz CT molecular complexity index is 1050. The standard InChI is InChI=1S/C20H21FN4O4/c1-12-18(20(28)23-16(10-26)19(27)22-2)17-9-14(7-8-25(17)24-12)29-11-13-5-3-4-6-15(13)21/h3-9,16,26H,10-11H2,1-2H3,(H,22,27)(H,23,28). The molecule has 3 N–H and O–H groups in total. The number of carbonyl (C=O) groups excluding carboxylic acids is 2. The third kappa shape index (κ3) is 4.35. The summed E-state index contributed by atoms with van der Waals surface area (Å²) in [6.45, 7) is 1.15. The number of fused-ring (bicyclic) bond motifs is 1. The normalized spacial score (nSPS) is 11.9. The quantitative estimate of drug-likeness (QED) is 0.553. The number of amides is 2. The van der Waals surface area contributed by atoms with Crippen molar-refractivity contribution in [3.63, 3.8) is 0 Å². The topological polar surface area (TPSA) is 105 Å². The molecule has 0 aliphatic heterocycles. The van der Waals surface area contributed by atoms with E-state index in [0.717, 1.165) is 0 Å². The van der Waals surface area contributed by atoms with Crippen LogP contribution in [0.2, 0.25) is 0 Å². The van der Waals surface area contributed by atoms with Crippen molar-refractivity contribution in [2.75, 3.05) is 13.7 Å². The molecule has 29 heavy (non-hydrogen) atoms. The number of benzene rings is 1. The van der Waals surface area contributed by atoms with Crippen molar-refractivity contribution in [1.29, 1.82) is 0 Å². The van der Waals surface area contributed by atoms with Crippen LogP contribution in [0.1, 0.15) is 21.6 Å². The zero-order chi connectivity index (χ0) is 21.0. The van der Waals surface area contributed by atoms with E-state index >= 15 is 0 Å². The number of ether oxygens (including phenoxy) is 1. The van der Waals surface area contributed by atoms with Crippen LogP contribution in [-0.2, 0) is 11.4 Å². The Balaban J connectivity index is 1.85. The van der Waals surface area contributed by atoms with Gasteiger partial charge in [-0.3, -0.25) is 9.59 Å². The molecule has 0 bridgehead atoms.